The molecule has 2 rings (SSSR count). The summed E-state index contributed by atoms with van der Waals surface area (Å²) in [7, 11) is 1.91. The molecule has 1 aromatic heterocycles. The number of aryl methyl sites for hydroxylation is 1. The van der Waals surface area contributed by atoms with Gasteiger partial charge in [-0.15, -0.1) is 0 Å². The van der Waals surface area contributed by atoms with Crippen LogP contribution in [0.3, 0.4) is 0 Å². The zero-order valence-electron chi connectivity index (χ0n) is 10.3. The van der Waals surface area contributed by atoms with Crippen LogP contribution in [0, 0.1) is 13.8 Å². The zero-order chi connectivity index (χ0) is 12.4. The van der Waals surface area contributed by atoms with Crippen molar-refractivity contribution in [2.45, 2.75) is 20.4 Å². The van der Waals surface area contributed by atoms with E-state index in [1.807, 2.05) is 11.6 Å². The minimum absolute atomic E-state index is 0.655. The first-order valence-corrected chi connectivity index (χ1v) is 5.93. The third kappa shape index (κ3) is 2.44. The standard InChI is InChI=1S/C13H16ClN3/c1-9-5-4-6-11(10(9)2)15-8-13-16-7-12(14)17(13)3/h4-7,15H,8H2,1-3H3. The van der Waals surface area contributed by atoms with E-state index in [0.29, 0.717) is 11.7 Å². The highest BCUT2D eigenvalue weighted by molar-refractivity contribution is 6.29. The lowest BCUT2D eigenvalue weighted by Gasteiger charge is -2.11. The van der Waals surface area contributed by atoms with Gasteiger partial charge in [0.2, 0.25) is 0 Å². The van der Waals surface area contributed by atoms with Crippen molar-refractivity contribution in [2.75, 3.05) is 5.32 Å². The molecular formula is C13H16ClN3. The molecule has 2 aromatic rings. The van der Waals surface area contributed by atoms with Gasteiger partial charge in [0.1, 0.15) is 11.0 Å². The second kappa shape index (κ2) is 4.80. The Kier molecular flexibility index (Phi) is 3.38. The SMILES string of the molecule is Cc1cccc(NCc2ncc(Cl)n2C)c1C. The molecule has 17 heavy (non-hydrogen) atoms. The maximum Gasteiger partial charge on any atom is 0.128 e. The van der Waals surface area contributed by atoms with Crippen molar-refractivity contribution in [1.29, 1.82) is 0 Å². The third-order valence-corrected chi connectivity index (χ3v) is 3.42. The molecule has 0 spiro atoms. The van der Waals surface area contributed by atoms with Crippen molar-refractivity contribution >= 4 is 17.3 Å². The summed E-state index contributed by atoms with van der Waals surface area (Å²) < 4.78 is 1.87. The molecule has 0 aliphatic carbocycles. The molecule has 0 aliphatic rings. The van der Waals surface area contributed by atoms with Crippen LogP contribution >= 0.6 is 11.6 Å². The van der Waals surface area contributed by atoms with Gasteiger partial charge in [-0.05, 0) is 31.0 Å². The number of anilines is 1. The third-order valence-electron chi connectivity index (χ3n) is 3.07. The highest BCUT2D eigenvalue weighted by Gasteiger charge is 2.05. The zero-order valence-corrected chi connectivity index (χ0v) is 11.0. The molecule has 0 fully saturated rings. The number of nitrogens with zero attached hydrogens (tertiary/aromatic N) is 2. The fraction of sp³-hybridized carbons (Fsp3) is 0.308. The number of hydrogen-bond donors (Lipinski definition) is 1. The summed E-state index contributed by atoms with van der Waals surface area (Å²) in [5.41, 5.74) is 3.70. The van der Waals surface area contributed by atoms with Gasteiger partial charge in [0, 0.05) is 12.7 Å². The molecule has 1 aromatic carbocycles. The van der Waals surface area contributed by atoms with Crippen molar-refractivity contribution in [3.63, 3.8) is 0 Å². The van der Waals surface area contributed by atoms with Crippen LogP contribution in [-0.2, 0) is 13.6 Å². The topological polar surface area (TPSA) is 29.9 Å². The van der Waals surface area contributed by atoms with Crippen molar-refractivity contribution < 1.29 is 0 Å². The normalized spacial score (nSPS) is 10.6. The van der Waals surface area contributed by atoms with Crippen LogP contribution in [0.4, 0.5) is 5.69 Å². The van der Waals surface area contributed by atoms with E-state index < -0.39 is 0 Å². The second-order valence-electron chi connectivity index (χ2n) is 4.16. The molecular weight excluding hydrogens is 234 g/mol. The van der Waals surface area contributed by atoms with Gasteiger partial charge in [-0.3, -0.25) is 0 Å². The Labute approximate surface area is 106 Å². The van der Waals surface area contributed by atoms with Crippen LogP contribution in [0.15, 0.2) is 24.4 Å². The first-order chi connectivity index (χ1) is 8.09. The monoisotopic (exact) mass is 249 g/mol. The van der Waals surface area contributed by atoms with E-state index in [4.69, 9.17) is 11.6 Å². The van der Waals surface area contributed by atoms with Gasteiger partial charge in [-0.25, -0.2) is 4.98 Å². The number of benzene rings is 1. The van der Waals surface area contributed by atoms with Gasteiger partial charge in [-0.2, -0.15) is 0 Å². The number of imidazole rings is 1. The Morgan fingerprint density at radius 3 is 2.76 bits per heavy atom. The summed E-state index contributed by atoms with van der Waals surface area (Å²) >= 11 is 5.94. The summed E-state index contributed by atoms with van der Waals surface area (Å²) in [6, 6.07) is 6.24. The van der Waals surface area contributed by atoms with Crippen LogP contribution in [0.5, 0.6) is 0 Å². The van der Waals surface area contributed by atoms with Crippen LogP contribution in [-0.4, -0.2) is 9.55 Å². The predicted molar refractivity (Wildman–Crippen MR) is 71.5 cm³/mol. The number of hydrogen-bond acceptors (Lipinski definition) is 2. The van der Waals surface area contributed by atoms with E-state index in [0.717, 1.165) is 11.5 Å². The molecule has 4 heteroatoms. The Hall–Kier alpha value is -1.48. The van der Waals surface area contributed by atoms with Crippen LogP contribution < -0.4 is 5.32 Å². The highest BCUT2D eigenvalue weighted by atomic mass is 35.5. The summed E-state index contributed by atoms with van der Waals surface area (Å²) in [5.74, 6) is 0.927. The molecule has 1 N–H and O–H groups in total. The molecule has 0 radical (unpaired) electrons. The van der Waals surface area contributed by atoms with Crippen molar-refractivity contribution in [1.82, 2.24) is 9.55 Å². The van der Waals surface area contributed by atoms with Gasteiger partial charge in [0.25, 0.3) is 0 Å². The van der Waals surface area contributed by atoms with E-state index in [1.54, 1.807) is 6.20 Å². The first-order valence-electron chi connectivity index (χ1n) is 5.56. The minimum Gasteiger partial charge on any atom is -0.378 e. The van der Waals surface area contributed by atoms with Gasteiger partial charge in [0.15, 0.2) is 0 Å². The molecule has 0 saturated carbocycles. The highest BCUT2D eigenvalue weighted by Crippen LogP contribution is 2.19. The quantitative estimate of drug-likeness (QED) is 0.905. The molecule has 0 unspecified atom stereocenters. The summed E-state index contributed by atoms with van der Waals surface area (Å²) in [4.78, 5) is 4.25. The first kappa shape index (κ1) is 12.0. The average Bonchev–Trinajstić information content (AvgIpc) is 2.62. The lowest BCUT2D eigenvalue weighted by molar-refractivity contribution is 0.813. The molecule has 0 bridgehead atoms. The van der Waals surface area contributed by atoms with Crippen LogP contribution in [0.1, 0.15) is 17.0 Å². The largest absolute Gasteiger partial charge is 0.378 e. The number of nitrogens with one attached hydrogen (secondary N) is 1. The molecule has 0 aliphatic heterocycles. The van der Waals surface area contributed by atoms with Gasteiger partial charge in [0.05, 0.1) is 12.7 Å². The number of rotatable bonds is 3. The van der Waals surface area contributed by atoms with Crippen molar-refractivity contribution in [3.05, 3.63) is 46.5 Å². The summed E-state index contributed by atoms with van der Waals surface area (Å²) in [6.45, 7) is 4.90. The van der Waals surface area contributed by atoms with Crippen LogP contribution in [0.2, 0.25) is 5.15 Å². The number of aromatic nitrogens is 2. The molecule has 0 saturated heterocycles. The Balaban J connectivity index is 2.13. The Morgan fingerprint density at radius 1 is 1.35 bits per heavy atom. The second-order valence-corrected chi connectivity index (χ2v) is 4.54. The van der Waals surface area contributed by atoms with Crippen molar-refractivity contribution in [2.24, 2.45) is 7.05 Å². The van der Waals surface area contributed by atoms with Gasteiger partial charge >= 0.3 is 0 Å². The van der Waals surface area contributed by atoms with E-state index in [1.165, 1.54) is 11.1 Å². The predicted octanol–water partition coefficient (Wildman–Crippen LogP) is 3.30. The molecule has 90 valence electrons. The van der Waals surface area contributed by atoms with Gasteiger partial charge in [-0.1, -0.05) is 23.7 Å². The average molecular weight is 250 g/mol. The smallest absolute Gasteiger partial charge is 0.128 e. The van der Waals surface area contributed by atoms with Crippen LogP contribution in [0.25, 0.3) is 0 Å². The summed E-state index contributed by atoms with van der Waals surface area (Å²) in [5, 5.41) is 4.04. The van der Waals surface area contributed by atoms with Gasteiger partial charge < -0.3 is 9.88 Å². The molecule has 1 heterocycles. The van der Waals surface area contributed by atoms with E-state index in [-0.39, 0.29) is 0 Å². The lowest BCUT2D eigenvalue weighted by atomic mass is 10.1. The van der Waals surface area contributed by atoms with E-state index in [9.17, 15) is 0 Å². The van der Waals surface area contributed by atoms with E-state index in [2.05, 4.69) is 42.3 Å². The Bertz CT molecular complexity index is 531. The molecule has 0 atom stereocenters. The maximum absolute atomic E-state index is 5.94. The van der Waals surface area contributed by atoms with E-state index >= 15 is 0 Å². The number of halogens is 1. The van der Waals surface area contributed by atoms with Crippen molar-refractivity contribution in [3.8, 4) is 0 Å². The minimum atomic E-state index is 0.655. The fourth-order valence-electron chi connectivity index (χ4n) is 1.71. The maximum atomic E-state index is 5.94. The fourth-order valence-corrected chi connectivity index (χ4v) is 1.85. The lowest BCUT2D eigenvalue weighted by Crippen LogP contribution is -2.07. The molecule has 3 nitrogen and oxygen atoms in total. The molecule has 0 amide bonds. The summed E-state index contributed by atoms with van der Waals surface area (Å²) in [6.07, 6.45) is 1.67. The Morgan fingerprint density at radius 2 is 2.12 bits per heavy atom.